The Morgan fingerprint density at radius 3 is 2.95 bits per heavy atom. The summed E-state index contributed by atoms with van der Waals surface area (Å²) in [6.07, 6.45) is 3.85. The number of nitrogens with one attached hydrogen (secondary N) is 1. The van der Waals surface area contributed by atoms with E-state index in [2.05, 4.69) is 40.3 Å². The molecular weight excluding hydrogens is 248 g/mol. The number of fused-ring (bicyclic) bond motifs is 1. The minimum atomic E-state index is 0.706. The predicted octanol–water partition coefficient (Wildman–Crippen LogP) is 3.30. The average molecular weight is 270 g/mol. The zero-order valence-electron chi connectivity index (χ0n) is 12.3. The maximum atomic E-state index is 4.72. The van der Waals surface area contributed by atoms with E-state index in [4.69, 9.17) is 4.98 Å². The number of piperidine rings is 1. The lowest BCUT2D eigenvalue weighted by Gasteiger charge is -2.33. The molecule has 1 aromatic carbocycles. The second-order valence-electron chi connectivity index (χ2n) is 5.50. The molecule has 1 N–H and O–H groups in total. The van der Waals surface area contributed by atoms with Crippen LogP contribution in [0.25, 0.3) is 10.9 Å². The Hall–Kier alpha value is -1.84. The molecule has 0 saturated carbocycles. The number of benzene rings is 1. The van der Waals surface area contributed by atoms with Gasteiger partial charge in [0.25, 0.3) is 0 Å². The lowest BCUT2D eigenvalue weighted by molar-refractivity contribution is 0.403. The van der Waals surface area contributed by atoms with Crippen LogP contribution in [-0.4, -0.2) is 30.1 Å². The van der Waals surface area contributed by atoms with Crippen LogP contribution < -0.4 is 10.2 Å². The van der Waals surface area contributed by atoms with Crippen LogP contribution in [0.4, 0.5) is 11.8 Å². The van der Waals surface area contributed by atoms with Gasteiger partial charge in [-0.25, -0.2) is 4.98 Å². The van der Waals surface area contributed by atoms with Crippen molar-refractivity contribution in [3.8, 4) is 0 Å². The molecule has 1 aromatic heterocycles. The standard InChI is InChI=1S/C16H22N4/c1-3-12-7-6-10-20(11-12)15-13-8-4-5-9-14(13)18-16(17-2)19-15/h4-5,8-9,12H,3,6-7,10-11H2,1-2H3,(H,17,18,19). The molecule has 1 fully saturated rings. The number of rotatable bonds is 3. The van der Waals surface area contributed by atoms with Crippen LogP contribution in [0.2, 0.25) is 0 Å². The molecule has 1 unspecified atom stereocenters. The van der Waals surface area contributed by atoms with Gasteiger partial charge in [0.2, 0.25) is 5.95 Å². The van der Waals surface area contributed by atoms with Crippen LogP contribution >= 0.6 is 0 Å². The van der Waals surface area contributed by atoms with Gasteiger partial charge in [-0.15, -0.1) is 0 Å². The van der Waals surface area contributed by atoms with Crippen molar-refractivity contribution in [1.29, 1.82) is 0 Å². The molecule has 0 radical (unpaired) electrons. The molecule has 1 aliphatic heterocycles. The van der Waals surface area contributed by atoms with Crippen LogP contribution in [0.15, 0.2) is 24.3 Å². The highest BCUT2D eigenvalue weighted by molar-refractivity contribution is 5.90. The maximum absolute atomic E-state index is 4.72. The lowest BCUT2D eigenvalue weighted by atomic mass is 9.95. The second-order valence-corrected chi connectivity index (χ2v) is 5.50. The summed E-state index contributed by atoms with van der Waals surface area (Å²) in [5, 5.41) is 4.23. The zero-order valence-corrected chi connectivity index (χ0v) is 12.3. The van der Waals surface area contributed by atoms with Crippen molar-refractivity contribution < 1.29 is 0 Å². The van der Waals surface area contributed by atoms with Gasteiger partial charge in [0.1, 0.15) is 5.82 Å². The Morgan fingerprint density at radius 1 is 1.30 bits per heavy atom. The molecule has 0 spiro atoms. The van der Waals surface area contributed by atoms with Crippen molar-refractivity contribution in [3.63, 3.8) is 0 Å². The van der Waals surface area contributed by atoms with Crippen molar-refractivity contribution in [1.82, 2.24) is 9.97 Å². The van der Waals surface area contributed by atoms with E-state index in [0.717, 1.165) is 35.7 Å². The van der Waals surface area contributed by atoms with Gasteiger partial charge < -0.3 is 10.2 Å². The molecule has 1 aliphatic rings. The van der Waals surface area contributed by atoms with Crippen molar-refractivity contribution in [3.05, 3.63) is 24.3 Å². The van der Waals surface area contributed by atoms with E-state index in [1.165, 1.54) is 19.3 Å². The number of nitrogens with zero attached hydrogens (tertiary/aromatic N) is 3. The Balaban J connectivity index is 2.04. The Bertz CT molecular complexity index is 596. The zero-order chi connectivity index (χ0) is 13.9. The van der Waals surface area contributed by atoms with Gasteiger partial charge >= 0.3 is 0 Å². The average Bonchev–Trinajstić information content (AvgIpc) is 2.53. The van der Waals surface area contributed by atoms with Gasteiger partial charge in [-0.3, -0.25) is 0 Å². The maximum Gasteiger partial charge on any atom is 0.224 e. The molecule has 1 atom stereocenters. The first-order valence-corrected chi connectivity index (χ1v) is 7.51. The van der Waals surface area contributed by atoms with E-state index in [0.29, 0.717) is 5.95 Å². The van der Waals surface area contributed by atoms with E-state index in [1.807, 2.05) is 13.1 Å². The summed E-state index contributed by atoms with van der Waals surface area (Å²) < 4.78 is 0. The van der Waals surface area contributed by atoms with E-state index < -0.39 is 0 Å². The first-order chi connectivity index (χ1) is 9.81. The molecule has 4 heteroatoms. The van der Waals surface area contributed by atoms with Gasteiger partial charge in [-0.2, -0.15) is 4.98 Å². The fourth-order valence-corrected chi connectivity index (χ4v) is 3.00. The third-order valence-electron chi connectivity index (χ3n) is 4.20. The summed E-state index contributed by atoms with van der Waals surface area (Å²) in [5.41, 5.74) is 1.01. The summed E-state index contributed by atoms with van der Waals surface area (Å²) in [4.78, 5) is 11.7. The molecule has 3 rings (SSSR count). The summed E-state index contributed by atoms with van der Waals surface area (Å²) in [6.45, 7) is 4.49. The molecule has 0 amide bonds. The molecule has 4 nitrogen and oxygen atoms in total. The predicted molar refractivity (Wildman–Crippen MR) is 84.3 cm³/mol. The highest BCUT2D eigenvalue weighted by Gasteiger charge is 2.21. The fourth-order valence-electron chi connectivity index (χ4n) is 3.00. The van der Waals surface area contributed by atoms with Crippen molar-refractivity contribution in [2.24, 2.45) is 5.92 Å². The van der Waals surface area contributed by atoms with Crippen LogP contribution in [-0.2, 0) is 0 Å². The van der Waals surface area contributed by atoms with Crippen LogP contribution in [0.5, 0.6) is 0 Å². The number of anilines is 2. The third kappa shape index (κ3) is 2.42. The van der Waals surface area contributed by atoms with Gasteiger partial charge in [0.05, 0.1) is 5.52 Å². The number of hydrogen-bond donors (Lipinski definition) is 1. The molecule has 0 bridgehead atoms. The number of hydrogen-bond acceptors (Lipinski definition) is 4. The molecule has 1 saturated heterocycles. The SMILES string of the molecule is CCC1CCCN(c2nc(NC)nc3ccccc23)C1. The Labute approximate surface area is 120 Å². The monoisotopic (exact) mass is 270 g/mol. The smallest absolute Gasteiger partial charge is 0.224 e. The van der Waals surface area contributed by atoms with Gasteiger partial charge in [-0.05, 0) is 30.9 Å². The first-order valence-electron chi connectivity index (χ1n) is 7.51. The summed E-state index contributed by atoms with van der Waals surface area (Å²) >= 11 is 0. The molecule has 106 valence electrons. The van der Waals surface area contributed by atoms with Gasteiger partial charge in [0.15, 0.2) is 0 Å². The fraction of sp³-hybridized carbons (Fsp3) is 0.500. The van der Waals surface area contributed by atoms with Crippen LogP contribution in [0.1, 0.15) is 26.2 Å². The van der Waals surface area contributed by atoms with Gasteiger partial charge in [0, 0.05) is 25.5 Å². The molecule has 0 aliphatic carbocycles. The summed E-state index contributed by atoms with van der Waals surface area (Å²) in [5.74, 6) is 2.57. The largest absolute Gasteiger partial charge is 0.357 e. The minimum Gasteiger partial charge on any atom is -0.357 e. The Kier molecular flexibility index (Phi) is 3.72. The molecule has 2 aromatic rings. The van der Waals surface area contributed by atoms with Crippen LogP contribution in [0.3, 0.4) is 0 Å². The summed E-state index contributed by atoms with van der Waals surface area (Å²) in [7, 11) is 1.87. The Morgan fingerprint density at radius 2 is 2.15 bits per heavy atom. The van der Waals surface area contributed by atoms with Crippen molar-refractivity contribution in [2.45, 2.75) is 26.2 Å². The van der Waals surface area contributed by atoms with E-state index >= 15 is 0 Å². The second kappa shape index (κ2) is 5.65. The van der Waals surface area contributed by atoms with Crippen molar-refractivity contribution in [2.75, 3.05) is 30.4 Å². The first kappa shape index (κ1) is 13.2. The third-order valence-corrected chi connectivity index (χ3v) is 4.20. The lowest BCUT2D eigenvalue weighted by Crippen LogP contribution is -2.36. The molecule has 20 heavy (non-hydrogen) atoms. The molecular formula is C16H22N4. The van der Waals surface area contributed by atoms with Gasteiger partial charge in [-0.1, -0.05) is 25.5 Å². The van der Waals surface area contributed by atoms with E-state index in [1.54, 1.807) is 0 Å². The van der Waals surface area contributed by atoms with Crippen molar-refractivity contribution >= 4 is 22.7 Å². The number of para-hydroxylation sites is 1. The quantitative estimate of drug-likeness (QED) is 0.929. The molecule has 2 heterocycles. The van der Waals surface area contributed by atoms with E-state index in [-0.39, 0.29) is 0 Å². The van der Waals surface area contributed by atoms with E-state index in [9.17, 15) is 0 Å². The highest BCUT2D eigenvalue weighted by atomic mass is 15.2. The highest BCUT2D eigenvalue weighted by Crippen LogP contribution is 2.29. The normalized spacial score (nSPS) is 19.3. The summed E-state index contributed by atoms with van der Waals surface area (Å²) in [6, 6.07) is 8.28. The van der Waals surface area contributed by atoms with Crippen LogP contribution in [0, 0.1) is 5.92 Å². The minimum absolute atomic E-state index is 0.706. The number of aromatic nitrogens is 2. The topological polar surface area (TPSA) is 41.1 Å².